The Hall–Kier alpha value is -3.07. The van der Waals surface area contributed by atoms with Crippen LogP contribution in [0, 0.1) is 11.7 Å². The quantitative estimate of drug-likeness (QED) is 0.327. The molecule has 0 fully saturated rings. The normalized spacial score (nSPS) is 12.1. The zero-order valence-electron chi connectivity index (χ0n) is 19.4. The second-order valence-electron chi connectivity index (χ2n) is 8.04. The number of aryl methyl sites for hydroxylation is 1. The fourth-order valence-electron chi connectivity index (χ4n) is 4.38. The molecule has 0 spiro atoms. The van der Waals surface area contributed by atoms with Gasteiger partial charge in [-0.15, -0.1) is 0 Å². The van der Waals surface area contributed by atoms with Crippen LogP contribution in [-0.4, -0.2) is 24.0 Å². The van der Waals surface area contributed by atoms with Crippen LogP contribution in [-0.2, 0) is 13.1 Å². The minimum absolute atomic E-state index is 0.0194. The number of hydrogen-bond donors (Lipinski definition) is 2. The smallest absolute Gasteiger partial charge is 0.275 e. The summed E-state index contributed by atoms with van der Waals surface area (Å²) in [6.45, 7) is 5.99. The lowest BCUT2D eigenvalue weighted by Crippen LogP contribution is -2.32. The lowest BCUT2D eigenvalue weighted by atomic mass is 9.86. The largest absolute Gasteiger partial charge is 0.494 e. The number of benzene rings is 2. The van der Waals surface area contributed by atoms with Crippen molar-refractivity contribution < 1.29 is 5.11 Å². The average molecular weight is 531 g/mol. The van der Waals surface area contributed by atoms with Crippen molar-refractivity contribution in [3.05, 3.63) is 106 Å². The van der Waals surface area contributed by atoms with Crippen molar-refractivity contribution in [2.45, 2.75) is 39.8 Å². The number of aromatic nitrogens is 4. The number of H-pyrrole nitrogens is 1. The molecule has 2 aromatic carbocycles. The molecule has 0 radical (unpaired) electrons. The zero-order chi connectivity index (χ0) is 25.4. The van der Waals surface area contributed by atoms with Crippen LogP contribution in [0.2, 0.25) is 10.0 Å². The molecule has 1 atom stereocenters. The molecule has 0 saturated carbocycles. The third-order valence-corrected chi connectivity index (χ3v) is 7.05. The second kappa shape index (κ2) is 9.89. The fraction of sp³-hybridized carbons (Fsp3) is 0.240. The molecule has 10 heteroatoms. The van der Waals surface area contributed by atoms with E-state index in [0.717, 1.165) is 0 Å². The SMILES string of the molecule is CCn1c(O)c(C(c2ccc(Cl)cc2Cl)c2c(C)[nH]n(-c3ccccc3)c2=O)c(=O)n(CC)c1=S. The van der Waals surface area contributed by atoms with Gasteiger partial charge in [-0.25, -0.2) is 4.68 Å². The number of aromatic hydroxyl groups is 1. The first-order valence-corrected chi connectivity index (χ1v) is 12.3. The molecular weight excluding hydrogens is 507 g/mol. The third-order valence-electron chi connectivity index (χ3n) is 6.05. The molecule has 0 aliphatic carbocycles. The highest BCUT2D eigenvalue weighted by Gasteiger charge is 2.33. The van der Waals surface area contributed by atoms with Crippen LogP contribution in [0.15, 0.2) is 58.1 Å². The number of para-hydroxylation sites is 1. The highest BCUT2D eigenvalue weighted by atomic mass is 35.5. The molecule has 0 amide bonds. The molecule has 2 aromatic heterocycles. The second-order valence-corrected chi connectivity index (χ2v) is 9.25. The van der Waals surface area contributed by atoms with Crippen molar-refractivity contribution >= 4 is 35.4 Å². The molecule has 0 aliphatic rings. The summed E-state index contributed by atoms with van der Waals surface area (Å²) >= 11 is 18.2. The van der Waals surface area contributed by atoms with Gasteiger partial charge in [-0.2, -0.15) is 0 Å². The zero-order valence-corrected chi connectivity index (χ0v) is 21.7. The third kappa shape index (κ3) is 4.26. The monoisotopic (exact) mass is 530 g/mol. The van der Waals surface area contributed by atoms with Gasteiger partial charge in [-0.3, -0.25) is 23.8 Å². The summed E-state index contributed by atoms with van der Waals surface area (Å²) in [4.78, 5) is 27.5. The predicted molar refractivity (Wildman–Crippen MR) is 141 cm³/mol. The Morgan fingerprint density at radius 2 is 1.63 bits per heavy atom. The summed E-state index contributed by atoms with van der Waals surface area (Å²) in [5.74, 6) is -1.28. The first-order chi connectivity index (χ1) is 16.7. The minimum Gasteiger partial charge on any atom is -0.494 e. The molecule has 7 nitrogen and oxygen atoms in total. The van der Waals surface area contributed by atoms with E-state index in [4.69, 9.17) is 35.4 Å². The molecule has 35 heavy (non-hydrogen) atoms. The lowest BCUT2D eigenvalue weighted by Gasteiger charge is -2.22. The summed E-state index contributed by atoms with van der Waals surface area (Å²) in [6, 6.07) is 13.9. The number of aromatic amines is 1. The minimum atomic E-state index is -0.979. The molecule has 0 aliphatic heterocycles. The van der Waals surface area contributed by atoms with Gasteiger partial charge in [-0.1, -0.05) is 47.5 Å². The van der Waals surface area contributed by atoms with Crippen LogP contribution in [0.4, 0.5) is 0 Å². The van der Waals surface area contributed by atoms with Gasteiger partial charge in [0.2, 0.25) is 5.88 Å². The van der Waals surface area contributed by atoms with E-state index in [-0.39, 0.29) is 32.4 Å². The number of nitrogens with zero attached hydrogens (tertiary/aromatic N) is 3. The summed E-state index contributed by atoms with van der Waals surface area (Å²) in [5, 5.41) is 15.1. The van der Waals surface area contributed by atoms with Gasteiger partial charge in [0, 0.05) is 28.8 Å². The van der Waals surface area contributed by atoms with Gasteiger partial charge in [0.25, 0.3) is 11.1 Å². The van der Waals surface area contributed by atoms with Crippen molar-refractivity contribution in [3.63, 3.8) is 0 Å². The van der Waals surface area contributed by atoms with Gasteiger partial charge in [0.15, 0.2) is 4.77 Å². The number of nitrogens with one attached hydrogen (secondary N) is 1. The van der Waals surface area contributed by atoms with Gasteiger partial charge in [-0.05, 0) is 62.8 Å². The van der Waals surface area contributed by atoms with Gasteiger partial charge < -0.3 is 5.11 Å². The average Bonchev–Trinajstić information content (AvgIpc) is 3.12. The van der Waals surface area contributed by atoms with E-state index in [1.54, 1.807) is 44.2 Å². The Balaban J connectivity index is 2.14. The van der Waals surface area contributed by atoms with Crippen LogP contribution in [0.5, 0.6) is 5.88 Å². The lowest BCUT2D eigenvalue weighted by molar-refractivity contribution is 0.391. The first-order valence-electron chi connectivity index (χ1n) is 11.1. The topological polar surface area (TPSA) is 85.0 Å². The van der Waals surface area contributed by atoms with Crippen molar-refractivity contribution in [1.29, 1.82) is 0 Å². The molecular formula is C25H24Cl2N4O3S. The number of hydrogen-bond acceptors (Lipinski definition) is 4. The Morgan fingerprint density at radius 1 is 0.971 bits per heavy atom. The van der Waals surface area contributed by atoms with Crippen molar-refractivity contribution in [1.82, 2.24) is 18.9 Å². The predicted octanol–water partition coefficient (Wildman–Crippen LogP) is 5.40. The molecule has 1 unspecified atom stereocenters. The Labute approximate surface area is 216 Å². The Kier molecular flexibility index (Phi) is 7.07. The standard InChI is InChI=1S/C25H24Cl2N4O3S/c1-4-29-22(32)21(23(33)30(5-2)25(29)35)20(17-12-11-15(26)13-18(17)27)19-14(3)28-31(24(19)34)16-9-7-6-8-10-16/h6-13,20,28,32H,4-5H2,1-3H3. The van der Waals surface area contributed by atoms with E-state index < -0.39 is 11.5 Å². The molecule has 0 saturated heterocycles. The molecule has 182 valence electrons. The summed E-state index contributed by atoms with van der Waals surface area (Å²) in [6.07, 6.45) is 0. The maximum absolute atomic E-state index is 13.8. The molecule has 2 N–H and O–H groups in total. The van der Waals surface area contributed by atoms with Crippen LogP contribution < -0.4 is 11.1 Å². The summed E-state index contributed by atoms with van der Waals surface area (Å²) < 4.78 is 4.49. The summed E-state index contributed by atoms with van der Waals surface area (Å²) in [5.41, 5.74) is 1.08. The number of halogens is 2. The van der Waals surface area contributed by atoms with E-state index in [0.29, 0.717) is 35.1 Å². The van der Waals surface area contributed by atoms with Gasteiger partial charge >= 0.3 is 0 Å². The van der Waals surface area contributed by atoms with Crippen LogP contribution in [0.25, 0.3) is 5.69 Å². The van der Waals surface area contributed by atoms with Crippen LogP contribution in [0.1, 0.15) is 42.1 Å². The van der Waals surface area contributed by atoms with Crippen molar-refractivity contribution in [2.24, 2.45) is 0 Å². The van der Waals surface area contributed by atoms with Gasteiger partial charge in [0.05, 0.1) is 22.7 Å². The highest BCUT2D eigenvalue weighted by Crippen LogP contribution is 2.39. The summed E-state index contributed by atoms with van der Waals surface area (Å²) in [7, 11) is 0. The first kappa shape index (κ1) is 25.0. The van der Waals surface area contributed by atoms with Crippen molar-refractivity contribution in [3.8, 4) is 11.6 Å². The molecule has 4 aromatic rings. The van der Waals surface area contributed by atoms with Crippen LogP contribution >= 0.6 is 35.4 Å². The fourth-order valence-corrected chi connectivity index (χ4v) is 5.32. The van der Waals surface area contributed by atoms with Gasteiger partial charge in [0.1, 0.15) is 0 Å². The maximum Gasteiger partial charge on any atom is 0.275 e. The number of rotatable bonds is 6. The van der Waals surface area contributed by atoms with E-state index >= 15 is 0 Å². The highest BCUT2D eigenvalue weighted by molar-refractivity contribution is 7.71. The van der Waals surface area contributed by atoms with E-state index in [2.05, 4.69) is 5.10 Å². The molecule has 4 rings (SSSR count). The van der Waals surface area contributed by atoms with Crippen LogP contribution in [0.3, 0.4) is 0 Å². The molecule has 0 bridgehead atoms. The van der Waals surface area contributed by atoms with E-state index in [9.17, 15) is 14.7 Å². The maximum atomic E-state index is 13.8. The van der Waals surface area contributed by atoms with E-state index in [1.807, 2.05) is 25.1 Å². The van der Waals surface area contributed by atoms with E-state index in [1.165, 1.54) is 13.8 Å². The van der Waals surface area contributed by atoms with Crippen molar-refractivity contribution in [2.75, 3.05) is 0 Å². The Morgan fingerprint density at radius 3 is 2.23 bits per heavy atom. The molecule has 2 heterocycles. The Bertz CT molecular complexity index is 1590.